The van der Waals surface area contributed by atoms with Crippen LogP contribution in [0.15, 0.2) is 18.2 Å². The number of likely N-dealkylation sites (N-methyl/N-ethyl adjacent to an activating group) is 1. The zero-order valence-electron chi connectivity index (χ0n) is 13.5. The molecule has 3 nitrogen and oxygen atoms in total. The maximum Gasteiger partial charge on any atom is 0.0471 e. The minimum Gasteiger partial charge on any atom is -0.373 e. The number of hydrogen-bond acceptors (Lipinski definition) is 3. The summed E-state index contributed by atoms with van der Waals surface area (Å²) < 4.78 is 0. The molecule has 1 aromatic rings. The summed E-state index contributed by atoms with van der Waals surface area (Å²) in [5.41, 5.74) is 2.45. The maximum atomic E-state index is 6.41. The van der Waals surface area contributed by atoms with E-state index in [1.54, 1.807) is 0 Å². The van der Waals surface area contributed by atoms with E-state index in [1.807, 2.05) is 12.1 Å². The molecule has 0 unspecified atom stereocenters. The van der Waals surface area contributed by atoms with E-state index >= 15 is 0 Å². The lowest BCUT2D eigenvalue weighted by Gasteiger charge is -2.26. The highest BCUT2D eigenvalue weighted by atomic mass is 35.5. The van der Waals surface area contributed by atoms with E-state index in [-0.39, 0.29) is 0 Å². The maximum absolute atomic E-state index is 6.41. The molecule has 1 aromatic carbocycles. The number of rotatable bonds is 7. The van der Waals surface area contributed by atoms with Gasteiger partial charge in [0.25, 0.3) is 0 Å². The molecule has 0 saturated carbocycles. The van der Waals surface area contributed by atoms with E-state index in [2.05, 4.69) is 42.1 Å². The van der Waals surface area contributed by atoms with E-state index in [9.17, 15) is 0 Å². The quantitative estimate of drug-likeness (QED) is 0.833. The van der Waals surface area contributed by atoms with Crippen molar-refractivity contribution in [2.24, 2.45) is 0 Å². The van der Waals surface area contributed by atoms with Gasteiger partial charge in [-0.3, -0.25) is 0 Å². The lowest BCUT2D eigenvalue weighted by Crippen LogP contribution is -2.32. The molecular weight excluding hydrogens is 282 g/mol. The van der Waals surface area contributed by atoms with E-state index in [0.29, 0.717) is 6.04 Å². The van der Waals surface area contributed by atoms with Crippen LogP contribution in [0.2, 0.25) is 5.02 Å². The van der Waals surface area contributed by atoms with Crippen LogP contribution in [0.3, 0.4) is 0 Å². The first-order valence-electron chi connectivity index (χ1n) is 8.02. The Labute approximate surface area is 134 Å². The molecule has 118 valence electrons. The van der Waals surface area contributed by atoms with E-state index < -0.39 is 0 Å². The molecular formula is C17H28ClN3. The molecule has 1 aliphatic heterocycles. The van der Waals surface area contributed by atoms with Crippen molar-refractivity contribution in [3.8, 4) is 0 Å². The molecule has 1 fully saturated rings. The van der Waals surface area contributed by atoms with E-state index in [1.165, 1.54) is 37.2 Å². The number of hydrogen-bond donors (Lipinski definition) is 1. The van der Waals surface area contributed by atoms with Crippen molar-refractivity contribution < 1.29 is 0 Å². The molecule has 0 amide bonds. The monoisotopic (exact) mass is 309 g/mol. The van der Waals surface area contributed by atoms with Crippen molar-refractivity contribution in [3.05, 3.63) is 28.8 Å². The highest BCUT2D eigenvalue weighted by molar-refractivity contribution is 6.31. The van der Waals surface area contributed by atoms with Crippen LogP contribution < -0.4 is 10.2 Å². The SMILES string of the molecule is CC(C)NCc1c(Cl)cccc1N(C)CCN1CCCC1. The van der Waals surface area contributed by atoms with Crippen LogP contribution in [0.25, 0.3) is 0 Å². The molecule has 0 aliphatic carbocycles. The van der Waals surface area contributed by atoms with Crippen LogP contribution in [0.5, 0.6) is 0 Å². The molecule has 0 atom stereocenters. The third-order valence-electron chi connectivity index (χ3n) is 4.14. The Balaban J connectivity index is 2.00. The Morgan fingerprint density at radius 1 is 1.29 bits per heavy atom. The summed E-state index contributed by atoms with van der Waals surface area (Å²) in [6.07, 6.45) is 2.70. The van der Waals surface area contributed by atoms with Gasteiger partial charge in [-0.05, 0) is 38.1 Å². The first-order valence-corrected chi connectivity index (χ1v) is 8.40. The van der Waals surface area contributed by atoms with Gasteiger partial charge in [-0.25, -0.2) is 0 Å². The summed E-state index contributed by atoms with van der Waals surface area (Å²) >= 11 is 6.41. The number of benzene rings is 1. The topological polar surface area (TPSA) is 18.5 Å². The second-order valence-corrected chi connectivity index (χ2v) is 6.65. The number of nitrogens with one attached hydrogen (secondary N) is 1. The van der Waals surface area contributed by atoms with Crippen LogP contribution in [0.1, 0.15) is 32.3 Å². The molecule has 1 heterocycles. The fraction of sp³-hybridized carbons (Fsp3) is 0.647. The zero-order chi connectivity index (χ0) is 15.2. The van der Waals surface area contributed by atoms with Gasteiger partial charge in [-0.1, -0.05) is 31.5 Å². The van der Waals surface area contributed by atoms with Crippen LogP contribution >= 0.6 is 11.6 Å². The van der Waals surface area contributed by atoms with Crippen molar-refractivity contribution in [2.75, 3.05) is 38.1 Å². The molecule has 1 aliphatic rings. The standard InChI is InChI=1S/C17H28ClN3/c1-14(2)19-13-15-16(18)7-6-8-17(15)20(3)11-12-21-9-4-5-10-21/h6-8,14,19H,4-5,9-13H2,1-3H3. The largest absolute Gasteiger partial charge is 0.373 e. The van der Waals surface area contributed by atoms with Crippen molar-refractivity contribution in [1.82, 2.24) is 10.2 Å². The summed E-state index contributed by atoms with van der Waals surface area (Å²) in [6.45, 7) is 9.84. The molecule has 0 bridgehead atoms. The van der Waals surface area contributed by atoms with Gasteiger partial charge in [0.05, 0.1) is 0 Å². The van der Waals surface area contributed by atoms with Crippen LogP contribution in [-0.2, 0) is 6.54 Å². The summed E-state index contributed by atoms with van der Waals surface area (Å²) in [5.74, 6) is 0. The minimum absolute atomic E-state index is 0.462. The molecule has 4 heteroatoms. The predicted molar refractivity (Wildman–Crippen MR) is 92.4 cm³/mol. The second-order valence-electron chi connectivity index (χ2n) is 6.24. The lowest BCUT2D eigenvalue weighted by molar-refractivity contribution is 0.346. The Bertz CT molecular complexity index is 442. The van der Waals surface area contributed by atoms with Gasteiger partial charge < -0.3 is 15.1 Å². The summed E-state index contributed by atoms with van der Waals surface area (Å²) in [4.78, 5) is 4.88. The fourth-order valence-electron chi connectivity index (χ4n) is 2.80. The average molecular weight is 310 g/mol. The second kappa shape index (κ2) is 8.02. The molecule has 21 heavy (non-hydrogen) atoms. The van der Waals surface area contributed by atoms with Crippen molar-refractivity contribution in [1.29, 1.82) is 0 Å². The van der Waals surface area contributed by atoms with Crippen LogP contribution in [0, 0.1) is 0 Å². The van der Waals surface area contributed by atoms with Gasteiger partial charge in [-0.15, -0.1) is 0 Å². The van der Waals surface area contributed by atoms with E-state index in [4.69, 9.17) is 11.6 Å². The van der Waals surface area contributed by atoms with Gasteiger partial charge >= 0.3 is 0 Å². The number of likely N-dealkylation sites (tertiary alicyclic amines) is 1. The Kier molecular flexibility index (Phi) is 6.34. The van der Waals surface area contributed by atoms with Crippen LogP contribution in [0.4, 0.5) is 5.69 Å². The summed E-state index contributed by atoms with van der Waals surface area (Å²) in [6, 6.07) is 6.66. The van der Waals surface area contributed by atoms with Gasteiger partial charge in [0.1, 0.15) is 0 Å². The lowest BCUT2D eigenvalue weighted by atomic mass is 10.1. The van der Waals surface area contributed by atoms with Gasteiger partial charge in [0.15, 0.2) is 0 Å². The van der Waals surface area contributed by atoms with Crippen molar-refractivity contribution >= 4 is 17.3 Å². The molecule has 2 rings (SSSR count). The Morgan fingerprint density at radius 2 is 2.00 bits per heavy atom. The third-order valence-corrected chi connectivity index (χ3v) is 4.50. The van der Waals surface area contributed by atoms with E-state index in [0.717, 1.165) is 24.7 Å². The highest BCUT2D eigenvalue weighted by Crippen LogP contribution is 2.27. The number of nitrogens with zero attached hydrogens (tertiary/aromatic N) is 2. The van der Waals surface area contributed by atoms with Crippen molar-refractivity contribution in [2.45, 2.75) is 39.3 Å². The van der Waals surface area contributed by atoms with Crippen molar-refractivity contribution in [3.63, 3.8) is 0 Å². The van der Waals surface area contributed by atoms with Gasteiger partial charge in [0, 0.05) is 49.0 Å². The normalized spacial score (nSPS) is 15.9. The summed E-state index contributed by atoms with van der Waals surface area (Å²) in [5, 5.41) is 4.33. The van der Waals surface area contributed by atoms with Gasteiger partial charge in [0.2, 0.25) is 0 Å². The minimum atomic E-state index is 0.462. The van der Waals surface area contributed by atoms with Crippen LogP contribution in [-0.4, -0.2) is 44.2 Å². The smallest absolute Gasteiger partial charge is 0.0471 e. The average Bonchev–Trinajstić information content (AvgIpc) is 2.96. The fourth-order valence-corrected chi connectivity index (χ4v) is 3.04. The Morgan fingerprint density at radius 3 is 2.67 bits per heavy atom. The molecule has 1 saturated heterocycles. The Hall–Kier alpha value is -0.770. The molecule has 0 aromatic heterocycles. The first kappa shape index (κ1) is 16.6. The first-order chi connectivity index (χ1) is 10.1. The number of halogens is 1. The molecule has 0 radical (unpaired) electrons. The molecule has 1 N–H and O–H groups in total. The third kappa shape index (κ3) is 4.87. The van der Waals surface area contributed by atoms with Gasteiger partial charge in [-0.2, -0.15) is 0 Å². The zero-order valence-corrected chi connectivity index (χ0v) is 14.3. The number of anilines is 1. The highest BCUT2D eigenvalue weighted by Gasteiger charge is 2.14. The molecule has 0 spiro atoms. The summed E-state index contributed by atoms with van der Waals surface area (Å²) in [7, 11) is 2.17. The predicted octanol–water partition coefficient (Wildman–Crippen LogP) is 3.37.